The lowest BCUT2D eigenvalue weighted by Crippen LogP contribution is -2.35. The molecule has 0 saturated carbocycles. The molecule has 0 fully saturated rings. The van der Waals surface area contributed by atoms with Crippen LogP contribution in [0.3, 0.4) is 0 Å². The highest BCUT2D eigenvalue weighted by atomic mass is 16.5. The third-order valence-corrected chi connectivity index (χ3v) is 4.50. The molecule has 8 heteroatoms. The second-order valence-corrected chi connectivity index (χ2v) is 6.65. The smallest absolute Gasteiger partial charge is 0.246 e. The molecule has 1 N–H and O–H groups in total. The minimum absolute atomic E-state index is 0.182. The number of amides is 1. The van der Waals surface area contributed by atoms with Crippen LogP contribution in [0.2, 0.25) is 0 Å². The fourth-order valence-electron chi connectivity index (χ4n) is 3.18. The number of carbonyl (C=O) groups excluding carboxylic acids is 1. The predicted molar refractivity (Wildman–Crippen MR) is 106 cm³/mol. The lowest BCUT2D eigenvalue weighted by molar-refractivity contribution is -0.122. The number of carbonyl (C=O) groups is 1. The quantitative estimate of drug-likeness (QED) is 0.692. The molecule has 0 spiro atoms. The van der Waals surface area contributed by atoms with E-state index in [9.17, 15) is 10.1 Å². The number of benzene rings is 1. The largest absolute Gasteiger partial charge is 0.496 e. The van der Waals surface area contributed by atoms with Crippen LogP contribution in [0.4, 0.5) is 0 Å². The molecular formula is C21H22N6O2. The number of hydrogen-bond acceptors (Lipinski definition) is 6. The van der Waals surface area contributed by atoms with Crippen molar-refractivity contribution in [2.45, 2.75) is 25.8 Å². The van der Waals surface area contributed by atoms with Gasteiger partial charge < -0.3 is 14.6 Å². The van der Waals surface area contributed by atoms with E-state index in [0.29, 0.717) is 23.0 Å². The van der Waals surface area contributed by atoms with E-state index in [-0.39, 0.29) is 5.82 Å². The van der Waals surface area contributed by atoms with Gasteiger partial charge >= 0.3 is 0 Å². The second-order valence-electron chi connectivity index (χ2n) is 6.65. The van der Waals surface area contributed by atoms with E-state index in [1.807, 2.05) is 41.9 Å². The zero-order valence-corrected chi connectivity index (χ0v) is 16.7. The van der Waals surface area contributed by atoms with E-state index in [0.717, 1.165) is 5.56 Å². The molecule has 0 bridgehead atoms. The Kier molecular flexibility index (Phi) is 5.88. The first-order valence-electron chi connectivity index (χ1n) is 9.07. The summed E-state index contributed by atoms with van der Waals surface area (Å²) in [6.45, 7) is 3.60. The van der Waals surface area contributed by atoms with Gasteiger partial charge in [0.05, 0.1) is 13.2 Å². The van der Waals surface area contributed by atoms with Gasteiger partial charge in [0, 0.05) is 36.4 Å². The first-order valence-corrected chi connectivity index (χ1v) is 9.07. The van der Waals surface area contributed by atoms with Crippen LogP contribution in [0.5, 0.6) is 5.75 Å². The number of nitriles is 1. The fourth-order valence-corrected chi connectivity index (χ4v) is 3.18. The molecule has 1 aromatic carbocycles. The number of aromatic nitrogens is 4. The molecule has 0 aliphatic rings. The van der Waals surface area contributed by atoms with E-state index < -0.39 is 17.9 Å². The number of aryl methyl sites for hydroxylation is 3. The van der Waals surface area contributed by atoms with Crippen molar-refractivity contribution in [3.05, 3.63) is 71.3 Å². The van der Waals surface area contributed by atoms with Crippen molar-refractivity contribution in [2.75, 3.05) is 7.11 Å². The third kappa shape index (κ3) is 4.24. The molecule has 3 rings (SSSR count). The maximum atomic E-state index is 13.1. The fraction of sp³-hybridized carbons (Fsp3) is 0.286. The molecule has 8 nitrogen and oxygen atoms in total. The Morgan fingerprint density at radius 2 is 1.93 bits per heavy atom. The SMILES string of the molecule is COc1ccccc1[C@H](NC(=O)[C@@H](C#N)c1nc(C)cc(C)n1)c1nccn1C. The highest BCUT2D eigenvalue weighted by Crippen LogP contribution is 2.29. The van der Waals surface area contributed by atoms with Gasteiger partial charge in [-0.25, -0.2) is 15.0 Å². The second kappa shape index (κ2) is 8.52. The summed E-state index contributed by atoms with van der Waals surface area (Å²) in [5.41, 5.74) is 2.13. The van der Waals surface area contributed by atoms with Crippen LogP contribution in [0.15, 0.2) is 42.7 Å². The van der Waals surface area contributed by atoms with E-state index in [4.69, 9.17) is 4.74 Å². The van der Waals surface area contributed by atoms with Crippen molar-refractivity contribution in [3.8, 4) is 11.8 Å². The highest BCUT2D eigenvalue weighted by Gasteiger charge is 2.30. The van der Waals surface area contributed by atoms with Gasteiger partial charge in [-0.05, 0) is 26.0 Å². The van der Waals surface area contributed by atoms with Crippen molar-refractivity contribution < 1.29 is 9.53 Å². The number of imidazole rings is 1. The van der Waals surface area contributed by atoms with Gasteiger partial charge in [-0.3, -0.25) is 4.79 Å². The standard InChI is InChI=1S/C21H22N6O2/c1-13-11-14(2)25-19(24-13)16(12-22)21(28)26-18(20-23-9-10-27(20)3)15-7-5-6-8-17(15)29-4/h5-11,16,18H,1-4H3,(H,26,28)/t16-,18-/m0/s1. The van der Waals surface area contributed by atoms with Crippen LogP contribution in [0.1, 0.15) is 40.6 Å². The van der Waals surface area contributed by atoms with Gasteiger partial charge in [0.15, 0.2) is 11.7 Å². The number of para-hydroxylation sites is 1. The van der Waals surface area contributed by atoms with Gasteiger partial charge in [0.2, 0.25) is 5.91 Å². The Labute approximate surface area is 169 Å². The Bertz CT molecular complexity index is 1050. The summed E-state index contributed by atoms with van der Waals surface area (Å²) in [5.74, 6) is -0.249. The first-order chi connectivity index (χ1) is 13.9. The summed E-state index contributed by atoms with van der Waals surface area (Å²) in [7, 11) is 3.41. The molecule has 2 atom stereocenters. The number of rotatable bonds is 6. The molecule has 0 unspecified atom stereocenters. The minimum Gasteiger partial charge on any atom is -0.496 e. The number of ether oxygens (including phenoxy) is 1. The van der Waals surface area contributed by atoms with Crippen LogP contribution >= 0.6 is 0 Å². The average molecular weight is 390 g/mol. The van der Waals surface area contributed by atoms with E-state index >= 15 is 0 Å². The first kappa shape index (κ1) is 20.0. The van der Waals surface area contributed by atoms with E-state index in [2.05, 4.69) is 20.3 Å². The van der Waals surface area contributed by atoms with Gasteiger partial charge in [-0.15, -0.1) is 0 Å². The van der Waals surface area contributed by atoms with Crippen molar-refractivity contribution in [2.24, 2.45) is 7.05 Å². The van der Waals surface area contributed by atoms with Gasteiger partial charge in [0.1, 0.15) is 17.6 Å². The normalized spacial score (nSPS) is 12.7. The topological polar surface area (TPSA) is 106 Å². The van der Waals surface area contributed by atoms with E-state index in [1.54, 1.807) is 39.4 Å². The molecule has 1 amide bonds. The molecule has 0 aliphatic heterocycles. The van der Waals surface area contributed by atoms with Crippen LogP contribution in [-0.4, -0.2) is 32.5 Å². The minimum atomic E-state index is -1.15. The number of methoxy groups -OCH3 is 1. The lowest BCUT2D eigenvalue weighted by Gasteiger charge is -2.22. The summed E-state index contributed by atoms with van der Waals surface area (Å²) in [6, 6.07) is 10.6. The van der Waals surface area contributed by atoms with Crippen LogP contribution < -0.4 is 10.1 Å². The van der Waals surface area contributed by atoms with Crippen molar-refractivity contribution in [1.82, 2.24) is 24.8 Å². The summed E-state index contributed by atoms with van der Waals surface area (Å²) >= 11 is 0. The molecule has 3 aromatic rings. The molecule has 2 heterocycles. The van der Waals surface area contributed by atoms with Gasteiger partial charge in [-0.2, -0.15) is 5.26 Å². The zero-order chi connectivity index (χ0) is 21.0. The molecule has 2 aromatic heterocycles. The Morgan fingerprint density at radius 3 is 2.52 bits per heavy atom. The Hall–Kier alpha value is -3.73. The summed E-state index contributed by atoms with van der Waals surface area (Å²) < 4.78 is 7.28. The van der Waals surface area contributed by atoms with Crippen molar-refractivity contribution >= 4 is 5.91 Å². The van der Waals surface area contributed by atoms with Gasteiger partial charge in [0.25, 0.3) is 0 Å². The maximum Gasteiger partial charge on any atom is 0.246 e. The molecular weight excluding hydrogens is 368 g/mol. The summed E-state index contributed by atoms with van der Waals surface area (Å²) in [5, 5.41) is 12.6. The highest BCUT2D eigenvalue weighted by molar-refractivity contribution is 5.86. The number of nitrogens with one attached hydrogen (secondary N) is 1. The zero-order valence-electron chi connectivity index (χ0n) is 16.7. The maximum absolute atomic E-state index is 13.1. The third-order valence-electron chi connectivity index (χ3n) is 4.50. The summed E-state index contributed by atoms with van der Waals surface area (Å²) in [6.07, 6.45) is 3.44. The molecule has 0 aliphatic carbocycles. The summed E-state index contributed by atoms with van der Waals surface area (Å²) in [4.78, 5) is 26.0. The van der Waals surface area contributed by atoms with Crippen molar-refractivity contribution in [1.29, 1.82) is 5.26 Å². The average Bonchev–Trinajstić information content (AvgIpc) is 3.11. The van der Waals surface area contributed by atoms with Crippen LogP contribution in [0, 0.1) is 25.2 Å². The van der Waals surface area contributed by atoms with Crippen LogP contribution in [-0.2, 0) is 11.8 Å². The van der Waals surface area contributed by atoms with E-state index in [1.165, 1.54) is 0 Å². The monoisotopic (exact) mass is 390 g/mol. The molecule has 148 valence electrons. The molecule has 0 radical (unpaired) electrons. The number of nitrogens with zero attached hydrogens (tertiary/aromatic N) is 5. The molecule has 0 saturated heterocycles. The lowest BCUT2D eigenvalue weighted by atomic mass is 10.0. The molecule has 29 heavy (non-hydrogen) atoms. The predicted octanol–water partition coefficient (Wildman–Crippen LogP) is 2.35. The number of hydrogen-bond donors (Lipinski definition) is 1. The van der Waals surface area contributed by atoms with Crippen LogP contribution in [0.25, 0.3) is 0 Å². The Morgan fingerprint density at radius 1 is 1.24 bits per heavy atom. The van der Waals surface area contributed by atoms with Gasteiger partial charge in [-0.1, -0.05) is 18.2 Å². The van der Waals surface area contributed by atoms with Crippen molar-refractivity contribution in [3.63, 3.8) is 0 Å². The Balaban J connectivity index is 2.00.